The minimum Gasteiger partial charge on any atom is -0.550 e. The number of thioether (sulfide) groups is 1. The summed E-state index contributed by atoms with van der Waals surface area (Å²) in [6.45, 7) is 12.0. The number of hydrogen-bond acceptors (Lipinski definition) is 6. The first kappa shape index (κ1) is 30.0. The van der Waals surface area contributed by atoms with Gasteiger partial charge in [-0.3, -0.25) is 4.79 Å². The first-order chi connectivity index (χ1) is 14.8. The molecule has 0 aromatic heterocycles. The summed E-state index contributed by atoms with van der Waals surface area (Å²) in [5.74, 6) is 0.949. The Hall–Kier alpha value is -1.03. The van der Waals surface area contributed by atoms with Crippen molar-refractivity contribution in [3.63, 3.8) is 0 Å². The summed E-state index contributed by atoms with van der Waals surface area (Å²) in [4.78, 5) is 23.4. The molecule has 174 valence electrons. The topological polar surface area (TPSA) is 87.7 Å². The molecule has 0 heterocycles. The number of benzene rings is 2. The van der Waals surface area contributed by atoms with Crippen LogP contribution < -0.4 is 71.3 Å². The van der Waals surface area contributed by atoms with Crippen LogP contribution in [0.25, 0.3) is 0 Å². The molecule has 0 aliphatic carbocycles. The number of carbonyl (C=O) groups is 2. The van der Waals surface area contributed by atoms with Gasteiger partial charge < -0.3 is 24.7 Å². The number of hydrogen-bond donors (Lipinski definition) is 1. The molecular formula is C25H32KNO5S. The van der Waals surface area contributed by atoms with Crippen molar-refractivity contribution >= 4 is 29.3 Å². The Balaban J connectivity index is 0.00000544. The van der Waals surface area contributed by atoms with Crippen molar-refractivity contribution < 1.29 is 75.6 Å². The van der Waals surface area contributed by atoms with E-state index in [2.05, 4.69) is 26.1 Å². The molecule has 33 heavy (non-hydrogen) atoms. The fourth-order valence-electron chi connectivity index (χ4n) is 2.68. The van der Waals surface area contributed by atoms with Gasteiger partial charge in [0, 0.05) is 39.6 Å². The number of rotatable bonds is 8. The largest absolute Gasteiger partial charge is 1.00 e. The van der Waals surface area contributed by atoms with Crippen molar-refractivity contribution in [2.24, 2.45) is 5.41 Å². The maximum absolute atomic E-state index is 12.4. The van der Waals surface area contributed by atoms with Crippen molar-refractivity contribution in [1.29, 1.82) is 0 Å². The molecular weight excluding hydrogens is 465 g/mol. The van der Waals surface area contributed by atoms with Crippen molar-refractivity contribution in [1.82, 2.24) is 0 Å². The number of anilines is 1. The Morgan fingerprint density at radius 1 is 0.970 bits per heavy atom. The molecule has 0 bridgehead atoms. The van der Waals surface area contributed by atoms with Crippen LogP contribution in [0.2, 0.25) is 0 Å². The summed E-state index contributed by atoms with van der Waals surface area (Å²) in [5, 5.41) is 14.0. The van der Waals surface area contributed by atoms with Gasteiger partial charge in [0.2, 0.25) is 5.91 Å². The van der Waals surface area contributed by atoms with E-state index in [-0.39, 0.29) is 68.5 Å². The average Bonchev–Trinajstić information content (AvgIpc) is 2.66. The van der Waals surface area contributed by atoms with Crippen LogP contribution in [0.15, 0.2) is 36.4 Å². The standard InChI is InChI=1S/C25H33NO5S.K/c1-24(2,3)23(29)26-18-9-11-19(17(14-18)15-32-25(4,5)6)31-21-12-16(13-22(27)28)8-10-20(21)30-7;/h8-12,14H,13,15H2,1-7H3,(H,26,29)(H,27,28);/q;+1/p-1. The Morgan fingerprint density at radius 3 is 2.15 bits per heavy atom. The van der Waals surface area contributed by atoms with E-state index in [0.717, 1.165) is 5.56 Å². The van der Waals surface area contributed by atoms with Gasteiger partial charge in [-0.2, -0.15) is 11.8 Å². The zero-order chi connectivity index (χ0) is 24.1. The predicted molar refractivity (Wildman–Crippen MR) is 127 cm³/mol. The van der Waals surface area contributed by atoms with Gasteiger partial charge in [0.1, 0.15) is 5.75 Å². The summed E-state index contributed by atoms with van der Waals surface area (Å²) >= 11 is 1.76. The molecule has 8 heteroatoms. The Morgan fingerprint density at radius 2 is 1.61 bits per heavy atom. The molecule has 1 amide bonds. The smallest absolute Gasteiger partial charge is 0.550 e. The summed E-state index contributed by atoms with van der Waals surface area (Å²) in [5.41, 5.74) is 1.64. The van der Waals surface area contributed by atoms with Gasteiger partial charge in [-0.15, -0.1) is 0 Å². The minimum absolute atomic E-state index is 0. The number of methoxy groups -OCH3 is 1. The number of nitrogens with one attached hydrogen (secondary N) is 1. The molecule has 0 atom stereocenters. The zero-order valence-electron chi connectivity index (χ0n) is 20.8. The minimum atomic E-state index is -1.16. The molecule has 1 N–H and O–H groups in total. The third-order valence-corrected chi connectivity index (χ3v) is 5.78. The first-order valence-electron chi connectivity index (χ1n) is 10.4. The molecule has 0 unspecified atom stereocenters. The van der Waals surface area contributed by atoms with E-state index in [1.54, 1.807) is 36.0 Å². The summed E-state index contributed by atoms with van der Waals surface area (Å²) in [6.07, 6.45) is -0.217. The van der Waals surface area contributed by atoms with Crippen molar-refractivity contribution in [2.45, 2.75) is 58.5 Å². The van der Waals surface area contributed by atoms with Gasteiger partial charge >= 0.3 is 51.4 Å². The number of carboxylic acid groups (broad SMARTS) is 1. The summed E-state index contributed by atoms with van der Waals surface area (Å²) < 4.78 is 11.6. The van der Waals surface area contributed by atoms with E-state index >= 15 is 0 Å². The monoisotopic (exact) mass is 497 g/mol. The van der Waals surface area contributed by atoms with Gasteiger partial charge in [0.05, 0.1) is 7.11 Å². The summed E-state index contributed by atoms with van der Waals surface area (Å²) in [7, 11) is 1.53. The number of carboxylic acids is 1. The van der Waals surface area contributed by atoms with Gasteiger partial charge in [-0.1, -0.05) is 47.6 Å². The maximum Gasteiger partial charge on any atom is 1.00 e. The SMILES string of the molecule is COc1ccc(CC(=O)[O-])cc1Oc1ccc(NC(=O)C(C)(C)C)cc1CSC(C)(C)C.[K+]. The maximum atomic E-state index is 12.4. The van der Waals surface area contributed by atoms with E-state index in [9.17, 15) is 14.7 Å². The third kappa shape index (κ3) is 10.0. The van der Waals surface area contributed by atoms with Crippen LogP contribution in [0, 0.1) is 5.41 Å². The molecule has 2 aromatic rings. The molecule has 0 radical (unpaired) electrons. The fraction of sp³-hybridized carbons (Fsp3) is 0.440. The normalized spacial score (nSPS) is 11.4. The van der Waals surface area contributed by atoms with Crippen LogP contribution in [-0.4, -0.2) is 23.7 Å². The second kappa shape index (κ2) is 12.6. The second-order valence-electron chi connectivity index (χ2n) is 9.56. The number of amides is 1. The van der Waals surface area contributed by atoms with Gasteiger partial charge in [-0.05, 0) is 35.9 Å². The molecule has 2 aromatic carbocycles. The van der Waals surface area contributed by atoms with Gasteiger partial charge in [-0.25, -0.2) is 0 Å². The number of aliphatic carboxylic acids is 1. The molecule has 0 aliphatic rings. The van der Waals surface area contributed by atoms with Gasteiger partial charge in [0.25, 0.3) is 0 Å². The quantitative estimate of drug-likeness (QED) is 0.560. The van der Waals surface area contributed by atoms with Crippen LogP contribution in [0.5, 0.6) is 17.2 Å². The van der Waals surface area contributed by atoms with Crippen LogP contribution >= 0.6 is 11.8 Å². The van der Waals surface area contributed by atoms with E-state index in [4.69, 9.17) is 9.47 Å². The Labute approximate surface area is 243 Å². The molecule has 6 nitrogen and oxygen atoms in total. The molecule has 0 spiro atoms. The fourth-order valence-corrected chi connectivity index (χ4v) is 3.49. The Bertz CT molecular complexity index is 980. The van der Waals surface area contributed by atoms with Crippen molar-refractivity contribution in [3.05, 3.63) is 47.5 Å². The second-order valence-corrected chi connectivity index (χ2v) is 11.4. The molecule has 0 saturated carbocycles. The van der Waals surface area contributed by atoms with Crippen LogP contribution in [0.4, 0.5) is 5.69 Å². The van der Waals surface area contributed by atoms with E-state index in [1.165, 1.54) is 7.11 Å². The number of ether oxygens (including phenoxy) is 2. The van der Waals surface area contributed by atoms with Crippen molar-refractivity contribution in [3.8, 4) is 17.2 Å². The zero-order valence-corrected chi connectivity index (χ0v) is 24.8. The molecule has 0 aliphatic heterocycles. The van der Waals surface area contributed by atoms with E-state index < -0.39 is 11.4 Å². The Kier molecular flexibility index (Phi) is 11.5. The predicted octanol–water partition coefficient (Wildman–Crippen LogP) is 1.80. The molecule has 2 rings (SSSR count). The van der Waals surface area contributed by atoms with Crippen LogP contribution in [-0.2, 0) is 21.8 Å². The average molecular weight is 498 g/mol. The molecule has 0 fully saturated rings. The third-order valence-electron chi connectivity index (χ3n) is 4.46. The van der Waals surface area contributed by atoms with Gasteiger partial charge in [0.15, 0.2) is 11.5 Å². The molecule has 0 saturated heterocycles. The van der Waals surface area contributed by atoms with E-state index in [0.29, 0.717) is 34.3 Å². The van der Waals surface area contributed by atoms with Crippen LogP contribution in [0.3, 0.4) is 0 Å². The number of carbonyl (C=O) groups excluding carboxylic acids is 2. The van der Waals surface area contributed by atoms with E-state index in [1.807, 2.05) is 32.9 Å². The van der Waals surface area contributed by atoms with Crippen molar-refractivity contribution in [2.75, 3.05) is 12.4 Å². The summed E-state index contributed by atoms with van der Waals surface area (Å²) in [6, 6.07) is 10.5. The first-order valence-corrected chi connectivity index (χ1v) is 11.4. The van der Waals surface area contributed by atoms with Crippen LogP contribution in [0.1, 0.15) is 52.7 Å².